The van der Waals surface area contributed by atoms with Gasteiger partial charge in [0.2, 0.25) is 0 Å². The molecule has 0 unspecified atom stereocenters. The molecular weight excluding hydrogens is 431 g/mol. The third kappa shape index (κ3) is 3.81. The van der Waals surface area contributed by atoms with E-state index in [9.17, 15) is 14.0 Å². The molecule has 6 nitrogen and oxygen atoms in total. The van der Waals surface area contributed by atoms with E-state index in [-0.39, 0.29) is 11.1 Å². The lowest BCUT2D eigenvalue weighted by Crippen LogP contribution is -2.20. The Morgan fingerprint density at radius 1 is 0.588 bits per heavy atom. The zero-order chi connectivity index (χ0) is 23.8. The Bertz CT molecular complexity index is 1460. The summed E-state index contributed by atoms with van der Waals surface area (Å²) in [5, 5.41) is 11.3. The number of aromatic nitrogens is 4. The monoisotopic (exact) mass is 454 g/mol. The van der Waals surface area contributed by atoms with Crippen molar-refractivity contribution in [2.45, 2.75) is 19.8 Å². The molecule has 0 radical (unpaired) electrons. The smallest absolute Gasteiger partial charge is 0.268 e. The molecule has 0 aliphatic rings. The number of nitrogens with one attached hydrogen (secondary N) is 4. The van der Waals surface area contributed by atoms with Crippen LogP contribution >= 0.6 is 0 Å². The van der Waals surface area contributed by atoms with Crippen LogP contribution in [0.1, 0.15) is 33.7 Å². The molecule has 170 valence electrons. The minimum Gasteiger partial charge on any atom is -0.297 e. The average molecular weight is 455 g/mol. The first-order valence-electron chi connectivity index (χ1n) is 10.9. The van der Waals surface area contributed by atoms with E-state index in [0.717, 1.165) is 22.3 Å². The minimum absolute atomic E-state index is 0.347. The first-order chi connectivity index (χ1) is 16.4. The quantitative estimate of drug-likeness (QED) is 0.301. The van der Waals surface area contributed by atoms with Gasteiger partial charge in [0.15, 0.2) is 0 Å². The number of halogens is 1. The van der Waals surface area contributed by atoms with Gasteiger partial charge < -0.3 is 0 Å². The van der Waals surface area contributed by atoms with E-state index < -0.39 is 11.7 Å². The van der Waals surface area contributed by atoms with Crippen molar-refractivity contribution in [2.24, 2.45) is 0 Å². The summed E-state index contributed by atoms with van der Waals surface area (Å²) in [6, 6.07) is 21.4. The van der Waals surface area contributed by atoms with Crippen molar-refractivity contribution in [1.29, 1.82) is 0 Å². The maximum atomic E-state index is 13.8. The summed E-state index contributed by atoms with van der Waals surface area (Å²) in [5.41, 5.74) is 5.63. The van der Waals surface area contributed by atoms with Gasteiger partial charge in [0.25, 0.3) is 11.1 Å². The third-order valence-electron chi connectivity index (χ3n) is 6.09. The van der Waals surface area contributed by atoms with Crippen molar-refractivity contribution >= 4 is 0 Å². The molecule has 0 bridgehead atoms. The van der Waals surface area contributed by atoms with Gasteiger partial charge in [0.05, 0.1) is 22.5 Å². The highest BCUT2D eigenvalue weighted by molar-refractivity contribution is 5.70. The van der Waals surface area contributed by atoms with Crippen LogP contribution in [-0.2, 0) is 0 Å². The Hall–Kier alpha value is -4.39. The van der Waals surface area contributed by atoms with Crippen LogP contribution in [0.4, 0.5) is 4.39 Å². The van der Waals surface area contributed by atoms with E-state index in [2.05, 4.69) is 20.4 Å². The summed E-state index contributed by atoms with van der Waals surface area (Å²) in [4.78, 5) is 26.4. The average Bonchev–Trinajstić information content (AvgIpc) is 3.40. The molecule has 0 amide bonds. The molecular formula is C27H23FN4O2. The maximum Gasteiger partial charge on any atom is 0.268 e. The van der Waals surface area contributed by atoms with E-state index in [4.69, 9.17) is 0 Å². The van der Waals surface area contributed by atoms with Gasteiger partial charge in [-0.05, 0) is 42.7 Å². The van der Waals surface area contributed by atoms with Crippen LogP contribution in [0, 0.1) is 19.7 Å². The zero-order valence-electron chi connectivity index (χ0n) is 18.7. The van der Waals surface area contributed by atoms with Crippen molar-refractivity contribution in [3.8, 4) is 22.5 Å². The van der Waals surface area contributed by atoms with E-state index in [0.29, 0.717) is 28.1 Å². The van der Waals surface area contributed by atoms with Gasteiger partial charge in [-0.25, -0.2) is 4.39 Å². The van der Waals surface area contributed by atoms with Crippen molar-refractivity contribution in [3.05, 3.63) is 127 Å². The molecule has 3 aromatic carbocycles. The molecule has 0 saturated heterocycles. The topological polar surface area (TPSA) is 97.3 Å². The van der Waals surface area contributed by atoms with Crippen molar-refractivity contribution < 1.29 is 4.39 Å². The third-order valence-corrected chi connectivity index (χ3v) is 6.09. The largest absolute Gasteiger partial charge is 0.297 e. The van der Waals surface area contributed by atoms with Gasteiger partial charge >= 0.3 is 0 Å². The van der Waals surface area contributed by atoms with E-state index in [1.54, 1.807) is 12.1 Å². The number of rotatable bonds is 5. The molecule has 0 fully saturated rings. The van der Waals surface area contributed by atoms with Gasteiger partial charge in [0.1, 0.15) is 5.82 Å². The molecule has 0 aliphatic carbocycles. The molecule has 2 aromatic heterocycles. The molecule has 0 saturated carbocycles. The van der Waals surface area contributed by atoms with E-state index >= 15 is 0 Å². The molecule has 5 rings (SSSR count). The summed E-state index contributed by atoms with van der Waals surface area (Å²) in [6.07, 6.45) is 0. The Morgan fingerprint density at radius 3 is 1.41 bits per heavy atom. The standard InChI is InChI=1S/C27H23FN4O2/c1-15-3-7-18(8-4-15)24-22(26(33)31-29-24)21(17-11-13-20(28)14-12-17)23-25(30-32-27(23)34)19-9-5-16(2)6-10-19/h3-14,21H,1-2H3,(H2,29,31,33)(H2,30,32,34). The fraction of sp³-hybridized carbons (Fsp3) is 0.111. The number of benzene rings is 3. The fourth-order valence-electron chi connectivity index (χ4n) is 4.31. The van der Waals surface area contributed by atoms with Crippen molar-refractivity contribution in [3.63, 3.8) is 0 Å². The van der Waals surface area contributed by atoms with Crippen LogP contribution < -0.4 is 11.1 Å². The lowest BCUT2D eigenvalue weighted by molar-refractivity contribution is 0.627. The Labute approximate surface area is 194 Å². The molecule has 0 spiro atoms. The van der Waals surface area contributed by atoms with Gasteiger partial charge in [0, 0.05) is 5.92 Å². The summed E-state index contributed by atoms with van der Waals surface area (Å²) in [6.45, 7) is 3.97. The highest BCUT2D eigenvalue weighted by Crippen LogP contribution is 2.37. The Kier molecular flexibility index (Phi) is 5.37. The number of aryl methyl sites for hydroxylation is 2. The van der Waals surface area contributed by atoms with Crippen LogP contribution in [0.3, 0.4) is 0 Å². The van der Waals surface area contributed by atoms with Gasteiger partial charge in [-0.3, -0.25) is 30.0 Å². The highest BCUT2D eigenvalue weighted by Gasteiger charge is 2.31. The van der Waals surface area contributed by atoms with Gasteiger partial charge in [-0.2, -0.15) is 0 Å². The molecule has 34 heavy (non-hydrogen) atoms. The summed E-state index contributed by atoms with van der Waals surface area (Å²) < 4.78 is 13.8. The maximum absolute atomic E-state index is 13.8. The van der Waals surface area contributed by atoms with Gasteiger partial charge in [-0.1, -0.05) is 71.8 Å². The SMILES string of the molecule is Cc1ccc(-c2[nH][nH]c(=O)c2C(c2ccc(F)cc2)c2c(-c3ccc(C)cc3)[nH][nH]c2=O)cc1. The predicted molar refractivity (Wildman–Crippen MR) is 131 cm³/mol. The number of aromatic amines is 4. The Balaban J connectivity index is 1.79. The lowest BCUT2D eigenvalue weighted by Gasteiger charge is -2.18. The minimum atomic E-state index is -0.752. The number of hydrogen-bond donors (Lipinski definition) is 4. The van der Waals surface area contributed by atoms with Crippen molar-refractivity contribution in [2.75, 3.05) is 0 Å². The van der Waals surface area contributed by atoms with Crippen LogP contribution in [0.25, 0.3) is 22.5 Å². The molecule has 0 atom stereocenters. The molecule has 0 aliphatic heterocycles. The lowest BCUT2D eigenvalue weighted by atomic mass is 9.83. The Morgan fingerprint density at radius 2 is 1.00 bits per heavy atom. The van der Waals surface area contributed by atoms with Crippen LogP contribution in [0.15, 0.2) is 82.4 Å². The van der Waals surface area contributed by atoms with Crippen LogP contribution in [0.5, 0.6) is 0 Å². The normalized spacial score (nSPS) is 11.3. The fourth-order valence-corrected chi connectivity index (χ4v) is 4.31. The van der Waals surface area contributed by atoms with Crippen LogP contribution in [0.2, 0.25) is 0 Å². The number of H-pyrrole nitrogens is 4. The summed E-state index contributed by atoms with van der Waals surface area (Å²) in [7, 11) is 0. The number of hydrogen-bond acceptors (Lipinski definition) is 2. The van der Waals surface area contributed by atoms with Crippen LogP contribution in [-0.4, -0.2) is 20.4 Å². The van der Waals surface area contributed by atoms with E-state index in [1.807, 2.05) is 62.4 Å². The molecule has 4 N–H and O–H groups in total. The molecule has 7 heteroatoms. The molecule has 5 aromatic rings. The molecule has 2 heterocycles. The van der Waals surface area contributed by atoms with Gasteiger partial charge in [-0.15, -0.1) is 0 Å². The zero-order valence-corrected chi connectivity index (χ0v) is 18.7. The second kappa shape index (κ2) is 8.51. The first kappa shape index (κ1) is 21.5. The highest BCUT2D eigenvalue weighted by atomic mass is 19.1. The first-order valence-corrected chi connectivity index (χ1v) is 10.9. The second-order valence-electron chi connectivity index (χ2n) is 8.45. The summed E-state index contributed by atoms with van der Waals surface area (Å²) in [5.74, 6) is -1.15. The predicted octanol–water partition coefficient (Wildman–Crippen LogP) is 4.99. The van der Waals surface area contributed by atoms with E-state index in [1.165, 1.54) is 12.1 Å². The van der Waals surface area contributed by atoms with Crippen molar-refractivity contribution in [1.82, 2.24) is 20.4 Å². The summed E-state index contributed by atoms with van der Waals surface area (Å²) >= 11 is 0. The second-order valence-corrected chi connectivity index (χ2v) is 8.45.